The maximum Gasteiger partial charge on any atom is 0.416 e. The number of imide groups is 1. The Morgan fingerprint density at radius 2 is 1.69 bits per heavy atom. The fourth-order valence-electron chi connectivity index (χ4n) is 5.22. The molecule has 2 aromatic heterocycles. The van der Waals surface area contributed by atoms with Gasteiger partial charge in [-0.05, 0) is 68.1 Å². The van der Waals surface area contributed by atoms with Gasteiger partial charge in [0.05, 0.1) is 24.1 Å². The van der Waals surface area contributed by atoms with Crippen LogP contribution in [0.15, 0.2) is 36.5 Å². The van der Waals surface area contributed by atoms with E-state index in [4.69, 9.17) is 0 Å². The van der Waals surface area contributed by atoms with Crippen molar-refractivity contribution in [3.63, 3.8) is 0 Å². The molecule has 2 aliphatic heterocycles. The van der Waals surface area contributed by atoms with E-state index in [0.717, 1.165) is 28.7 Å². The van der Waals surface area contributed by atoms with Crippen molar-refractivity contribution in [1.29, 1.82) is 0 Å². The molecule has 48 heavy (non-hydrogen) atoms. The number of alkyl halides is 3. The number of piperidine rings is 1. The number of benzene rings is 1. The highest BCUT2D eigenvalue weighted by atomic mass is 19.4. The number of nitrogens with zero attached hydrogens (tertiary/aromatic N) is 6. The van der Waals surface area contributed by atoms with E-state index in [2.05, 4.69) is 29.2 Å². The Bertz CT molecular complexity index is 1550. The van der Waals surface area contributed by atoms with Gasteiger partial charge in [-0.2, -0.15) is 18.3 Å². The smallest absolute Gasteiger partial charge is 0.350 e. The minimum Gasteiger partial charge on any atom is -0.350 e. The SMILES string of the molecule is CC.CCC.Cc1cc(C(F)(F)F)ccc1F.Cc1nc2cc(CN3C(=O)N(C)C(=O)CC34CCN(C(=O)CNC=O)CC4)ccn2n1. The molecule has 15 heteroatoms. The van der Waals surface area contributed by atoms with E-state index < -0.39 is 23.1 Å². The molecule has 5 rings (SSSR count). The van der Waals surface area contributed by atoms with Gasteiger partial charge < -0.3 is 15.1 Å². The van der Waals surface area contributed by atoms with Crippen LogP contribution in [0.4, 0.5) is 22.4 Å². The number of hydrogen-bond acceptors (Lipinski definition) is 6. The number of nitrogens with one attached hydrogen (secondary N) is 1. The zero-order valence-electron chi connectivity index (χ0n) is 28.5. The molecule has 5 amide bonds. The van der Waals surface area contributed by atoms with Crippen molar-refractivity contribution in [1.82, 2.24) is 34.6 Å². The van der Waals surface area contributed by atoms with E-state index in [-0.39, 0.29) is 36.4 Å². The summed E-state index contributed by atoms with van der Waals surface area (Å²) in [6, 6.07) is 5.77. The largest absolute Gasteiger partial charge is 0.416 e. The third kappa shape index (κ3) is 9.97. The fraction of sp³-hybridized carbons (Fsp3) is 0.515. The normalized spacial score (nSPS) is 15.5. The Kier molecular flexibility index (Phi) is 14.5. The topological polar surface area (TPSA) is 120 Å². The summed E-state index contributed by atoms with van der Waals surface area (Å²) in [5, 5.41) is 6.66. The first-order valence-corrected chi connectivity index (χ1v) is 15.8. The lowest BCUT2D eigenvalue weighted by atomic mass is 9.80. The second-order valence-electron chi connectivity index (χ2n) is 11.3. The molecule has 4 heterocycles. The summed E-state index contributed by atoms with van der Waals surface area (Å²) in [4.78, 5) is 57.3. The molecular formula is C33H45F4N7O4. The van der Waals surface area contributed by atoms with Gasteiger partial charge in [-0.3, -0.25) is 19.3 Å². The fourth-order valence-corrected chi connectivity index (χ4v) is 5.22. The van der Waals surface area contributed by atoms with E-state index >= 15 is 0 Å². The number of carbonyl (C=O) groups excluding carboxylic acids is 4. The third-order valence-electron chi connectivity index (χ3n) is 7.66. The number of urea groups is 1. The maximum atomic E-state index is 13.1. The number of pyridine rings is 1. The average Bonchev–Trinajstić information content (AvgIpc) is 3.43. The molecule has 0 radical (unpaired) electrons. The van der Waals surface area contributed by atoms with Crippen LogP contribution in [-0.2, 0) is 27.1 Å². The van der Waals surface area contributed by atoms with Crippen molar-refractivity contribution in [2.45, 2.75) is 85.5 Å². The minimum absolute atomic E-state index is 0.00447. The molecule has 1 spiro atoms. The monoisotopic (exact) mass is 679 g/mol. The minimum atomic E-state index is -4.39. The first-order chi connectivity index (χ1) is 22.6. The second-order valence-corrected chi connectivity index (χ2v) is 11.3. The van der Waals surface area contributed by atoms with Crippen molar-refractivity contribution in [3.8, 4) is 0 Å². The highest BCUT2D eigenvalue weighted by Crippen LogP contribution is 2.38. The molecule has 2 fully saturated rings. The molecule has 0 atom stereocenters. The van der Waals surface area contributed by atoms with Crippen molar-refractivity contribution < 1.29 is 36.7 Å². The lowest BCUT2D eigenvalue weighted by molar-refractivity contribution is -0.140. The summed E-state index contributed by atoms with van der Waals surface area (Å²) in [7, 11) is 1.50. The standard InChI is InChI=1S/C20H25N7O4.C8H6F4.C3H8.C2H6/c1-14-22-16-9-15(3-6-27(16)23-14)12-26-19(31)24(2)17(29)10-20(26)4-7-25(8-5-20)18(30)11-21-13-28;1-5-4-6(8(10,11)12)2-3-7(5)9;1-3-2;1-2/h3,6,9,13H,4-5,7-8,10-12H2,1-2H3,(H,21,28);2-4H,1H3;3H2,1-2H3;1-2H3. The Labute approximate surface area is 278 Å². The van der Waals surface area contributed by atoms with E-state index in [1.165, 1.54) is 20.4 Å². The molecule has 0 saturated carbocycles. The molecule has 2 aliphatic rings. The van der Waals surface area contributed by atoms with Crippen LogP contribution < -0.4 is 5.32 Å². The molecule has 1 N–H and O–H groups in total. The summed E-state index contributed by atoms with van der Waals surface area (Å²) >= 11 is 0. The number of likely N-dealkylation sites (tertiary alicyclic amines) is 1. The molecule has 0 unspecified atom stereocenters. The molecule has 0 bridgehead atoms. The quantitative estimate of drug-likeness (QED) is 0.280. The number of aryl methyl sites for hydroxylation is 2. The number of hydrogen-bond donors (Lipinski definition) is 1. The molecule has 0 aliphatic carbocycles. The van der Waals surface area contributed by atoms with Crippen LogP contribution in [0.25, 0.3) is 5.65 Å². The molecule has 1 aromatic carbocycles. The van der Waals surface area contributed by atoms with Gasteiger partial charge in [-0.1, -0.05) is 34.1 Å². The molecule has 2 saturated heterocycles. The number of fused-ring (bicyclic) bond motifs is 1. The van der Waals surface area contributed by atoms with Crippen LogP contribution in [0, 0.1) is 19.7 Å². The van der Waals surface area contributed by atoms with Crippen LogP contribution in [0.5, 0.6) is 0 Å². The summed E-state index contributed by atoms with van der Waals surface area (Å²) in [6.45, 7) is 12.5. The molecule has 3 aromatic rings. The lowest BCUT2D eigenvalue weighted by Crippen LogP contribution is -2.65. The predicted molar refractivity (Wildman–Crippen MR) is 172 cm³/mol. The molecule has 11 nitrogen and oxygen atoms in total. The van der Waals surface area contributed by atoms with Crippen molar-refractivity contribution >= 4 is 29.9 Å². The summed E-state index contributed by atoms with van der Waals surface area (Å²) < 4.78 is 50.1. The van der Waals surface area contributed by atoms with Gasteiger partial charge in [0.2, 0.25) is 18.2 Å². The number of halogens is 4. The number of carbonyl (C=O) groups is 4. The van der Waals surface area contributed by atoms with Gasteiger partial charge in [0.25, 0.3) is 0 Å². The van der Waals surface area contributed by atoms with Crippen molar-refractivity contribution in [3.05, 3.63) is 64.9 Å². The van der Waals surface area contributed by atoms with Crippen LogP contribution in [0.1, 0.15) is 75.9 Å². The first-order valence-electron chi connectivity index (χ1n) is 15.8. The zero-order chi connectivity index (χ0) is 36.2. The molecule has 264 valence electrons. The van der Waals surface area contributed by atoms with E-state index in [1.54, 1.807) is 14.3 Å². The molecular weight excluding hydrogens is 634 g/mol. The van der Waals surface area contributed by atoms with Crippen LogP contribution in [0.3, 0.4) is 0 Å². The Morgan fingerprint density at radius 3 is 2.25 bits per heavy atom. The number of rotatable bonds is 5. The van der Waals surface area contributed by atoms with Gasteiger partial charge in [-0.15, -0.1) is 0 Å². The second kappa shape index (κ2) is 17.6. The Balaban J connectivity index is 0.000000392. The number of aromatic nitrogens is 3. The highest BCUT2D eigenvalue weighted by molar-refractivity contribution is 5.97. The number of amides is 5. The summed E-state index contributed by atoms with van der Waals surface area (Å²) in [5.74, 6) is -0.351. The van der Waals surface area contributed by atoms with Gasteiger partial charge in [-0.25, -0.2) is 18.7 Å². The summed E-state index contributed by atoms with van der Waals surface area (Å²) in [5.41, 5.74) is 0.127. The van der Waals surface area contributed by atoms with Crippen LogP contribution in [-0.4, -0.2) is 85.8 Å². The zero-order valence-corrected chi connectivity index (χ0v) is 28.5. The van der Waals surface area contributed by atoms with Gasteiger partial charge >= 0.3 is 12.2 Å². The van der Waals surface area contributed by atoms with E-state index in [0.29, 0.717) is 50.4 Å². The van der Waals surface area contributed by atoms with Gasteiger partial charge in [0.15, 0.2) is 5.65 Å². The average molecular weight is 680 g/mol. The van der Waals surface area contributed by atoms with Crippen LogP contribution in [0.2, 0.25) is 0 Å². The predicted octanol–water partition coefficient (Wildman–Crippen LogP) is 5.52. The van der Waals surface area contributed by atoms with Crippen LogP contribution >= 0.6 is 0 Å². The Morgan fingerprint density at radius 1 is 1.06 bits per heavy atom. The highest BCUT2D eigenvalue weighted by Gasteiger charge is 2.50. The van der Waals surface area contributed by atoms with Crippen molar-refractivity contribution in [2.75, 3.05) is 26.7 Å². The van der Waals surface area contributed by atoms with Gasteiger partial charge in [0.1, 0.15) is 11.6 Å². The maximum absolute atomic E-state index is 13.1. The Hall–Kier alpha value is -4.56. The van der Waals surface area contributed by atoms with E-state index in [9.17, 15) is 36.7 Å². The first kappa shape index (κ1) is 39.6. The third-order valence-corrected chi connectivity index (χ3v) is 7.66. The van der Waals surface area contributed by atoms with Gasteiger partial charge in [0, 0.05) is 32.9 Å². The lowest BCUT2D eigenvalue weighted by Gasteiger charge is -2.52. The van der Waals surface area contributed by atoms with Crippen molar-refractivity contribution in [2.24, 2.45) is 0 Å². The van der Waals surface area contributed by atoms with E-state index in [1.807, 2.05) is 39.1 Å². The summed E-state index contributed by atoms with van der Waals surface area (Å²) in [6.07, 6.45) is 0.374.